The highest BCUT2D eigenvalue weighted by atomic mass is 79.9. The van der Waals surface area contributed by atoms with E-state index < -0.39 is 9.84 Å². The molecule has 1 aromatic rings. The van der Waals surface area contributed by atoms with Crippen LogP contribution in [-0.2, 0) is 20.3 Å². The van der Waals surface area contributed by atoms with E-state index in [1.54, 1.807) is 0 Å². The minimum Gasteiger partial charge on any atom is -0.394 e. The average molecular weight is 329 g/mol. The van der Waals surface area contributed by atoms with Crippen LogP contribution in [0, 0.1) is 0 Å². The fourth-order valence-corrected chi connectivity index (χ4v) is 4.40. The van der Waals surface area contributed by atoms with Gasteiger partial charge in [0.1, 0.15) is 0 Å². The zero-order valence-electron chi connectivity index (χ0n) is 8.56. The molecule has 0 radical (unpaired) electrons. The number of halogens is 1. The number of aliphatic hydroxyl groups is 1. The lowest BCUT2D eigenvalue weighted by molar-refractivity contribution is 0.103. The van der Waals surface area contributed by atoms with Gasteiger partial charge in [-0.15, -0.1) is 11.3 Å². The van der Waals surface area contributed by atoms with Crippen molar-refractivity contribution in [2.24, 2.45) is 0 Å². The van der Waals surface area contributed by atoms with E-state index >= 15 is 0 Å². The number of hydrogen-bond donors (Lipinski definition) is 1. The normalized spacial score (nSPS) is 11.9. The first kappa shape index (κ1) is 14.1. The van der Waals surface area contributed by atoms with Gasteiger partial charge in [-0.2, -0.15) is 0 Å². The standard InChI is InChI=1S/C9H13BrO4S2/c10-8-1-5-15-9(8)7-16(12,13)6-4-14-3-2-11/h1,5,11H,2-4,6-7H2. The Morgan fingerprint density at radius 3 is 2.75 bits per heavy atom. The summed E-state index contributed by atoms with van der Waals surface area (Å²) in [6, 6.07) is 1.83. The molecule has 7 heteroatoms. The second-order valence-corrected chi connectivity index (χ2v) is 7.16. The molecule has 1 aromatic heterocycles. The monoisotopic (exact) mass is 328 g/mol. The lowest BCUT2D eigenvalue weighted by Crippen LogP contribution is -2.15. The van der Waals surface area contributed by atoms with Crippen LogP contribution < -0.4 is 0 Å². The van der Waals surface area contributed by atoms with Crippen LogP contribution in [0.2, 0.25) is 0 Å². The van der Waals surface area contributed by atoms with Crippen molar-refractivity contribution in [1.29, 1.82) is 0 Å². The van der Waals surface area contributed by atoms with E-state index in [1.807, 2.05) is 11.4 Å². The van der Waals surface area contributed by atoms with E-state index in [4.69, 9.17) is 9.84 Å². The Morgan fingerprint density at radius 2 is 2.19 bits per heavy atom. The molecule has 0 aromatic carbocycles. The molecule has 0 aliphatic heterocycles. The fourth-order valence-electron chi connectivity index (χ4n) is 1.05. The molecule has 92 valence electrons. The highest BCUT2D eigenvalue weighted by Gasteiger charge is 2.14. The Hall–Kier alpha value is 0.0500. The first-order chi connectivity index (χ1) is 7.55. The molecule has 4 nitrogen and oxygen atoms in total. The van der Waals surface area contributed by atoms with Gasteiger partial charge in [0.15, 0.2) is 9.84 Å². The van der Waals surface area contributed by atoms with Gasteiger partial charge in [0.25, 0.3) is 0 Å². The van der Waals surface area contributed by atoms with Gasteiger partial charge < -0.3 is 9.84 Å². The molecular weight excluding hydrogens is 316 g/mol. The molecule has 1 rings (SSSR count). The van der Waals surface area contributed by atoms with Gasteiger partial charge in [-0.1, -0.05) is 0 Å². The second-order valence-electron chi connectivity index (χ2n) is 3.12. The minimum absolute atomic E-state index is 0.0165. The molecule has 1 N–H and O–H groups in total. The molecule has 16 heavy (non-hydrogen) atoms. The quantitative estimate of drug-likeness (QED) is 0.769. The van der Waals surface area contributed by atoms with Gasteiger partial charge in [-0.05, 0) is 27.4 Å². The van der Waals surface area contributed by atoms with Gasteiger partial charge in [0.05, 0.1) is 31.3 Å². The minimum atomic E-state index is -3.13. The topological polar surface area (TPSA) is 63.6 Å². The van der Waals surface area contributed by atoms with E-state index in [9.17, 15) is 8.42 Å². The predicted molar refractivity (Wildman–Crippen MR) is 67.4 cm³/mol. The van der Waals surface area contributed by atoms with Crippen LogP contribution >= 0.6 is 27.3 Å². The Balaban J connectivity index is 2.43. The number of hydrogen-bond acceptors (Lipinski definition) is 5. The molecule has 0 saturated heterocycles. The van der Waals surface area contributed by atoms with Gasteiger partial charge in [0, 0.05) is 9.35 Å². The second kappa shape index (κ2) is 6.70. The van der Waals surface area contributed by atoms with Crippen LogP contribution in [0.15, 0.2) is 15.9 Å². The third-order valence-corrected chi connectivity index (χ3v) is 5.44. The van der Waals surface area contributed by atoms with Crippen molar-refractivity contribution in [3.8, 4) is 0 Å². The van der Waals surface area contributed by atoms with Gasteiger partial charge in [0.2, 0.25) is 0 Å². The summed E-state index contributed by atoms with van der Waals surface area (Å²) in [5.41, 5.74) is 0. The van der Waals surface area contributed by atoms with Crippen molar-refractivity contribution in [2.45, 2.75) is 5.75 Å². The van der Waals surface area contributed by atoms with Crippen molar-refractivity contribution in [1.82, 2.24) is 0 Å². The summed E-state index contributed by atoms with van der Waals surface area (Å²) in [6.07, 6.45) is 0. The van der Waals surface area contributed by atoms with Crippen LogP contribution in [0.4, 0.5) is 0 Å². The van der Waals surface area contributed by atoms with Gasteiger partial charge >= 0.3 is 0 Å². The van der Waals surface area contributed by atoms with Crippen molar-refractivity contribution >= 4 is 37.1 Å². The molecule has 1 heterocycles. The Kier molecular flexibility index (Phi) is 5.91. The molecule has 0 amide bonds. The maximum Gasteiger partial charge on any atom is 0.157 e. The SMILES string of the molecule is O=S(=O)(CCOCCO)Cc1sccc1Br. The van der Waals surface area contributed by atoms with Crippen molar-refractivity contribution in [2.75, 3.05) is 25.6 Å². The Labute approximate surface area is 107 Å². The molecule has 0 aliphatic rings. The third-order valence-electron chi connectivity index (χ3n) is 1.82. The highest BCUT2D eigenvalue weighted by molar-refractivity contribution is 9.10. The summed E-state index contributed by atoms with van der Waals surface area (Å²) in [6.45, 7) is 0.223. The molecule has 0 unspecified atom stereocenters. The lowest BCUT2D eigenvalue weighted by atomic mass is 10.5. The largest absolute Gasteiger partial charge is 0.394 e. The average Bonchev–Trinajstić information content (AvgIpc) is 2.59. The lowest BCUT2D eigenvalue weighted by Gasteiger charge is -2.04. The van der Waals surface area contributed by atoms with E-state index in [0.29, 0.717) is 0 Å². The molecule has 0 aliphatic carbocycles. The summed E-state index contributed by atoms with van der Waals surface area (Å²) in [5, 5.41) is 10.3. The summed E-state index contributed by atoms with van der Waals surface area (Å²) < 4.78 is 29.1. The summed E-state index contributed by atoms with van der Waals surface area (Å²) in [5.74, 6) is 0.0189. The first-order valence-corrected chi connectivity index (χ1v) is 8.15. The molecule has 0 spiro atoms. The molecule has 0 saturated carbocycles. The third kappa shape index (κ3) is 4.92. The van der Waals surface area contributed by atoms with Crippen molar-refractivity contribution < 1.29 is 18.3 Å². The first-order valence-electron chi connectivity index (χ1n) is 4.66. The summed E-state index contributed by atoms with van der Waals surface area (Å²) in [7, 11) is -3.13. The summed E-state index contributed by atoms with van der Waals surface area (Å²) in [4.78, 5) is 0.808. The summed E-state index contributed by atoms with van der Waals surface area (Å²) >= 11 is 4.71. The predicted octanol–water partition coefficient (Wildman–Crippen LogP) is 1.43. The zero-order valence-corrected chi connectivity index (χ0v) is 11.8. The van der Waals surface area contributed by atoms with Gasteiger partial charge in [-0.3, -0.25) is 0 Å². The highest BCUT2D eigenvalue weighted by Crippen LogP contribution is 2.24. The van der Waals surface area contributed by atoms with Crippen LogP contribution in [-0.4, -0.2) is 39.1 Å². The fraction of sp³-hybridized carbons (Fsp3) is 0.556. The molecule has 0 fully saturated rings. The zero-order chi connectivity index (χ0) is 12.0. The molecule has 0 atom stereocenters. The van der Waals surface area contributed by atoms with E-state index in [-0.39, 0.29) is 31.3 Å². The number of rotatable bonds is 7. The Morgan fingerprint density at radius 1 is 1.44 bits per heavy atom. The van der Waals surface area contributed by atoms with Crippen LogP contribution in [0.3, 0.4) is 0 Å². The van der Waals surface area contributed by atoms with Crippen LogP contribution in [0.5, 0.6) is 0 Å². The number of sulfone groups is 1. The van der Waals surface area contributed by atoms with E-state index in [2.05, 4.69) is 15.9 Å². The maximum absolute atomic E-state index is 11.7. The van der Waals surface area contributed by atoms with Gasteiger partial charge in [-0.25, -0.2) is 8.42 Å². The molecule has 0 bridgehead atoms. The van der Waals surface area contributed by atoms with Crippen molar-refractivity contribution in [3.05, 3.63) is 20.8 Å². The van der Waals surface area contributed by atoms with Crippen LogP contribution in [0.25, 0.3) is 0 Å². The number of ether oxygens (including phenoxy) is 1. The number of thiophene rings is 1. The van der Waals surface area contributed by atoms with E-state index in [1.165, 1.54) is 11.3 Å². The smallest absolute Gasteiger partial charge is 0.157 e. The number of aliphatic hydroxyl groups excluding tert-OH is 1. The van der Waals surface area contributed by atoms with Crippen molar-refractivity contribution in [3.63, 3.8) is 0 Å². The Bertz CT molecular complexity index is 413. The maximum atomic E-state index is 11.7. The van der Waals surface area contributed by atoms with Crippen LogP contribution in [0.1, 0.15) is 4.88 Å². The van der Waals surface area contributed by atoms with E-state index in [0.717, 1.165) is 9.35 Å². The molecular formula is C9H13BrO4S2.